The summed E-state index contributed by atoms with van der Waals surface area (Å²) in [5.41, 5.74) is 5.87. The Balaban J connectivity index is 2.02. The van der Waals surface area contributed by atoms with Crippen LogP contribution in [-0.4, -0.2) is 33.9 Å². The molecule has 0 bridgehead atoms. The van der Waals surface area contributed by atoms with E-state index in [9.17, 15) is 4.79 Å². The standard InChI is InChI=1S/C12H18N4O/c1-2-9-3-5-16(6-4-9)12(17)10-7-14-8-11(13)15-10/h7-9H,2-6H2,1H3,(H2,13,15). The first-order valence-corrected chi connectivity index (χ1v) is 6.07. The Morgan fingerprint density at radius 3 is 2.76 bits per heavy atom. The summed E-state index contributed by atoms with van der Waals surface area (Å²) in [4.78, 5) is 21.9. The Morgan fingerprint density at radius 2 is 2.18 bits per heavy atom. The maximum atomic E-state index is 12.1. The number of piperidine rings is 1. The smallest absolute Gasteiger partial charge is 0.274 e. The molecule has 5 heteroatoms. The van der Waals surface area contributed by atoms with Crippen LogP contribution >= 0.6 is 0 Å². The Hall–Kier alpha value is -1.65. The number of nitrogens with zero attached hydrogens (tertiary/aromatic N) is 3. The number of aromatic nitrogens is 2. The number of likely N-dealkylation sites (tertiary alicyclic amines) is 1. The molecule has 2 N–H and O–H groups in total. The van der Waals surface area contributed by atoms with E-state index in [0.717, 1.165) is 31.8 Å². The monoisotopic (exact) mass is 234 g/mol. The van der Waals surface area contributed by atoms with Crippen LogP contribution in [0.1, 0.15) is 36.7 Å². The Bertz CT molecular complexity index is 399. The molecule has 1 saturated heterocycles. The molecule has 0 radical (unpaired) electrons. The Kier molecular flexibility index (Phi) is 3.56. The highest BCUT2D eigenvalue weighted by Crippen LogP contribution is 2.20. The molecule has 0 aromatic carbocycles. The molecule has 1 aromatic rings. The van der Waals surface area contributed by atoms with E-state index in [1.54, 1.807) is 0 Å². The van der Waals surface area contributed by atoms with Gasteiger partial charge in [0.2, 0.25) is 0 Å². The van der Waals surface area contributed by atoms with Gasteiger partial charge < -0.3 is 10.6 Å². The van der Waals surface area contributed by atoms with E-state index in [4.69, 9.17) is 5.73 Å². The fourth-order valence-electron chi connectivity index (χ4n) is 2.19. The highest BCUT2D eigenvalue weighted by molar-refractivity contribution is 5.92. The van der Waals surface area contributed by atoms with Gasteiger partial charge in [0.1, 0.15) is 11.5 Å². The van der Waals surface area contributed by atoms with Gasteiger partial charge in [-0.25, -0.2) is 4.98 Å². The fourth-order valence-corrected chi connectivity index (χ4v) is 2.19. The molecule has 1 aliphatic rings. The molecule has 0 atom stereocenters. The van der Waals surface area contributed by atoms with Crippen molar-refractivity contribution in [3.05, 3.63) is 18.1 Å². The zero-order chi connectivity index (χ0) is 12.3. The summed E-state index contributed by atoms with van der Waals surface area (Å²) in [5, 5.41) is 0. The van der Waals surface area contributed by atoms with Gasteiger partial charge >= 0.3 is 0 Å². The molecule has 0 saturated carbocycles. The molecule has 92 valence electrons. The van der Waals surface area contributed by atoms with Crippen LogP contribution in [0.3, 0.4) is 0 Å². The second-order valence-electron chi connectivity index (χ2n) is 4.47. The second kappa shape index (κ2) is 5.12. The highest BCUT2D eigenvalue weighted by atomic mass is 16.2. The molecule has 0 aliphatic carbocycles. The van der Waals surface area contributed by atoms with E-state index < -0.39 is 0 Å². The fraction of sp³-hybridized carbons (Fsp3) is 0.583. The van der Waals surface area contributed by atoms with E-state index >= 15 is 0 Å². The highest BCUT2D eigenvalue weighted by Gasteiger charge is 2.23. The van der Waals surface area contributed by atoms with Gasteiger partial charge in [-0.2, -0.15) is 0 Å². The predicted octanol–water partition coefficient (Wildman–Crippen LogP) is 1.32. The van der Waals surface area contributed by atoms with E-state index in [-0.39, 0.29) is 5.91 Å². The molecule has 5 nitrogen and oxygen atoms in total. The summed E-state index contributed by atoms with van der Waals surface area (Å²) in [6.07, 6.45) is 6.28. The van der Waals surface area contributed by atoms with Gasteiger partial charge in [-0.05, 0) is 18.8 Å². The molecule has 2 heterocycles. The van der Waals surface area contributed by atoms with Crippen LogP contribution < -0.4 is 5.73 Å². The van der Waals surface area contributed by atoms with Crippen LogP contribution in [0, 0.1) is 5.92 Å². The largest absolute Gasteiger partial charge is 0.382 e. The van der Waals surface area contributed by atoms with Crippen molar-refractivity contribution in [3.8, 4) is 0 Å². The topological polar surface area (TPSA) is 72.1 Å². The van der Waals surface area contributed by atoms with Crippen molar-refractivity contribution in [2.45, 2.75) is 26.2 Å². The van der Waals surface area contributed by atoms with E-state index in [1.165, 1.54) is 18.8 Å². The van der Waals surface area contributed by atoms with E-state index in [0.29, 0.717) is 11.5 Å². The third kappa shape index (κ3) is 2.72. The van der Waals surface area contributed by atoms with Crippen LogP contribution in [-0.2, 0) is 0 Å². The number of amides is 1. The van der Waals surface area contributed by atoms with Gasteiger partial charge in [-0.3, -0.25) is 9.78 Å². The SMILES string of the molecule is CCC1CCN(C(=O)c2cncc(N)n2)CC1. The van der Waals surface area contributed by atoms with Crippen molar-refractivity contribution in [1.29, 1.82) is 0 Å². The van der Waals surface area contributed by atoms with Crippen molar-refractivity contribution < 1.29 is 4.79 Å². The van der Waals surface area contributed by atoms with E-state index in [1.807, 2.05) is 4.90 Å². The van der Waals surface area contributed by atoms with Gasteiger partial charge in [-0.15, -0.1) is 0 Å². The van der Waals surface area contributed by atoms with Gasteiger partial charge in [0, 0.05) is 13.1 Å². The molecular formula is C12H18N4O. The summed E-state index contributed by atoms with van der Waals surface area (Å²) in [5.74, 6) is 0.990. The molecule has 1 aromatic heterocycles. The van der Waals surface area contributed by atoms with E-state index in [2.05, 4.69) is 16.9 Å². The van der Waals surface area contributed by atoms with Crippen LogP contribution in [0.15, 0.2) is 12.4 Å². The lowest BCUT2D eigenvalue weighted by Crippen LogP contribution is -2.38. The van der Waals surface area contributed by atoms with Crippen molar-refractivity contribution in [2.75, 3.05) is 18.8 Å². The maximum Gasteiger partial charge on any atom is 0.274 e. The van der Waals surface area contributed by atoms with Crippen LogP contribution in [0.25, 0.3) is 0 Å². The van der Waals surface area contributed by atoms with Gasteiger partial charge in [-0.1, -0.05) is 13.3 Å². The summed E-state index contributed by atoms with van der Waals surface area (Å²) < 4.78 is 0. The number of carbonyl (C=O) groups is 1. The first-order valence-electron chi connectivity index (χ1n) is 6.07. The van der Waals surface area contributed by atoms with Crippen molar-refractivity contribution in [2.24, 2.45) is 5.92 Å². The molecule has 1 amide bonds. The summed E-state index contributed by atoms with van der Waals surface area (Å²) in [6, 6.07) is 0. The van der Waals surface area contributed by atoms with Crippen molar-refractivity contribution >= 4 is 11.7 Å². The predicted molar refractivity (Wildman–Crippen MR) is 65.4 cm³/mol. The summed E-state index contributed by atoms with van der Waals surface area (Å²) in [7, 11) is 0. The number of nitrogen functional groups attached to an aromatic ring is 1. The normalized spacial score (nSPS) is 17.1. The van der Waals surface area contributed by atoms with Crippen LogP contribution in [0.2, 0.25) is 0 Å². The lowest BCUT2D eigenvalue weighted by atomic mass is 9.94. The number of rotatable bonds is 2. The third-order valence-electron chi connectivity index (χ3n) is 3.35. The molecular weight excluding hydrogens is 216 g/mol. The lowest BCUT2D eigenvalue weighted by Gasteiger charge is -2.31. The molecule has 1 fully saturated rings. The third-order valence-corrected chi connectivity index (χ3v) is 3.35. The number of carbonyl (C=O) groups excluding carboxylic acids is 1. The maximum absolute atomic E-state index is 12.1. The number of hydrogen-bond acceptors (Lipinski definition) is 4. The second-order valence-corrected chi connectivity index (χ2v) is 4.47. The average molecular weight is 234 g/mol. The molecule has 17 heavy (non-hydrogen) atoms. The lowest BCUT2D eigenvalue weighted by molar-refractivity contribution is 0.0682. The van der Waals surface area contributed by atoms with Gasteiger partial charge in [0.05, 0.1) is 12.4 Å². The first kappa shape index (κ1) is 11.8. The quantitative estimate of drug-likeness (QED) is 0.837. The minimum absolute atomic E-state index is 0.0562. The van der Waals surface area contributed by atoms with Gasteiger partial charge in [0.15, 0.2) is 0 Å². The van der Waals surface area contributed by atoms with Crippen molar-refractivity contribution in [1.82, 2.24) is 14.9 Å². The zero-order valence-electron chi connectivity index (χ0n) is 10.1. The Labute approximate surface area is 101 Å². The van der Waals surface area contributed by atoms with Crippen LogP contribution in [0.5, 0.6) is 0 Å². The minimum Gasteiger partial charge on any atom is -0.382 e. The number of anilines is 1. The zero-order valence-corrected chi connectivity index (χ0v) is 10.1. The Morgan fingerprint density at radius 1 is 1.47 bits per heavy atom. The first-order chi connectivity index (χ1) is 8.20. The molecule has 0 spiro atoms. The number of hydrogen-bond donors (Lipinski definition) is 1. The average Bonchev–Trinajstić information content (AvgIpc) is 2.38. The van der Waals surface area contributed by atoms with Crippen LogP contribution in [0.4, 0.5) is 5.82 Å². The molecule has 0 unspecified atom stereocenters. The molecule has 1 aliphatic heterocycles. The molecule has 2 rings (SSSR count). The number of nitrogens with two attached hydrogens (primary N) is 1. The summed E-state index contributed by atoms with van der Waals surface area (Å²) in [6.45, 7) is 3.83. The minimum atomic E-state index is -0.0562. The summed E-state index contributed by atoms with van der Waals surface area (Å²) >= 11 is 0. The van der Waals surface area contributed by atoms with Crippen molar-refractivity contribution in [3.63, 3.8) is 0 Å². The van der Waals surface area contributed by atoms with Gasteiger partial charge in [0.25, 0.3) is 5.91 Å².